The molecule has 0 saturated carbocycles. The number of amides is 1. The van der Waals surface area contributed by atoms with Crippen molar-refractivity contribution in [1.29, 1.82) is 0 Å². The highest BCUT2D eigenvalue weighted by molar-refractivity contribution is 9.10. The quantitative estimate of drug-likeness (QED) is 0.471. The summed E-state index contributed by atoms with van der Waals surface area (Å²) in [7, 11) is 1.58. The molecule has 156 valence electrons. The minimum absolute atomic E-state index is 0.107. The van der Waals surface area contributed by atoms with Crippen LogP contribution in [0, 0.1) is 0 Å². The van der Waals surface area contributed by atoms with Crippen molar-refractivity contribution in [3.63, 3.8) is 0 Å². The molecule has 0 heterocycles. The Bertz CT molecular complexity index is 790. The first-order chi connectivity index (χ1) is 13.9. The maximum Gasteiger partial charge on any atom is 0.415 e. The molecule has 29 heavy (non-hydrogen) atoms. The van der Waals surface area contributed by atoms with E-state index in [1.54, 1.807) is 43.2 Å². The van der Waals surface area contributed by atoms with Crippen molar-refractivity contribution < 1.29 is 23.8 Å². The van der Waals surface area contributed by atoms with Gasteiger partial charge in [-0.2, -0.15) is 0 Å². The average molecular weight is 464 g/mol. The molecule has 1 unspecified atom stereocenters. The van der Waals surface area contributed by atoms with Gasteiger partial charge in [-0.15, -0.1) is 0 Å². The number of carbonyl (C=O) groups excluding carboxylic acids is 2. The van der Waals surface area contributed by atoms with Crippen molar-refractivity contribution in [3.8, 4) is 17.2 Å². The molecule has 1 atom stereocenters. The van der Waals surface area contributed by atoms with Crippen LogP contribution in [0.5, 0.6) is 17.2 Å². The van der Waals surface area contributed by atoms with Gasteiger partial charge in [-0.25, -0.2) is 4.79 Å². The van der Waals surface area contributed by atoms with E-state index in [1.165, 1.54) is 0 Å². The highest BCUT2D eigenvalue weighted by atomic mass is 79.9. The number of halogens is 1. The fraction of sp³-hybridized carbons (Fsp3) is 0.364. The molecule has 6 nitrogen and oxygen atoms in total. The van der Waals surface area contributed by atoms with Crippen LogP contribution in [-0.4, -0.2) is 41.9 Å². The lowest BCUT2D eigenvalue weighted by molar-refractivity contribution is -0.118. The van der Waals surface area contributed by atoms with E-state index in [1.807, 2.05) is 31.2 Å². The van der Waals surface area contributed by atoms with Crippen molar-refractivity contribution in [1.82, 2.24) is 4.90 Å². The van der Waals surface area contributed by atoms with Crippen molar-refractivity contribution >= 4 is 27.8 Å². The Hall–Kier alpha value is -2.54. The maximum atomic E-state index is 12.4. The van der Waals surface area contributed by atoms with E-state index in [-0.39, 0.29) is 10.6 Å². The van der Waals surface area contributed by atoms with Gasteiger partial charge in [-0.3, -0.25) is 4.79 Å². The van der Waals surface area contributed by atoms with Gasteiger partial charge in [0, 0.05) is 19.5 Å². The number of rotatable bonds is 10. The Morgan fingerprint density at radius 3 is 2.14 bits per heavy atom. The van der Waals surface area contributed by atoms with Crippen LogP contribution in [0.4, 0.5) is 4.79 Å². The topological polar surface area (TPSA) is 65.1 Å². The molecule has 0 aromatic heterocycles. The highest BCUT2D eigenvalue weighted by Gasteiger charge is 2.15. The number of carbonyl (C=O) groups is 2. The van der Waals surface area contributed by atoms with E-state index in [0.717, 1.165) is 5.56 Å². The third-order valence-electron chi connectivity index (χ3n) is 4.26. The molecule has 0 fully saturated rings. The van der Waals surface area contributed by atoms with Gasteiger partial charge >= 0.3 is 6.09 Å². The fourth-order valence-electron chi connectivity index (χ4n) is 2.49. The normalized spacial score (nSPS) is 11.4. The van der Waals surface area contributed by atoms with E-state index in [0.29, 0.717) is 43.4 Å². The second kappa shape index (κ2) is 11.5. The summed E-state index contributed by atoms with van der Waals surface area (Å²) in [6.45, 7) is 4.97. The summed E-state index contributed by atoms with van der Waals surface area (Å²) < 4.78 is 16.1. The van der Waals surface area contributed by atoms with Crippen molar-refractivity contribution in [2.24, 2.45) is 0 Å². The van der Waals surface area contributed by atoms with E-state index >= 15 is 0 Å². The van der Waals surface area contributed by atoms with Crippen LogP contribution in [0.1, 0.15) is 25.8 Å². The van der Waals surface area contributed by atoms with Gasteiger partial charge in [-0.1, -0.05) is 28.1 Å². The maximum absolute atomic E-state index is 12.4. The molecule has 1 amide bonds. The molecule has 2 rings (SSSR count). The molecule has 2 aromatic carbocycles. The van der Waals surface area contributed by atoms with E-state index in [4.69, 9.17) is 14.2 Å². The number of hydrogen-bond acceptors (Lipinski definition) is 5. The Labute approximate surface area is 179 Å². The smallest absolute Gasteiger partial charge is 0.415 e. The monoisotopic (exact) mass is 463 g/mol. The van der Waals surface area contributed by atoms with Crippen LogP contribution in [0.2, 0.25) is 0 Å². The number of Topliss-reactive ketones (excluding diaryl/α,β-unsaturated/α-hetero) is 1. The number of ketones is 1. The second-order valence-electron chi connectivity index (χ2n) is 6.38. The van der Waals surface area contributed by atoms with Gasteiger partial charge in [0.2, 0.25) is 0 Å². The lowest BCUT2D eigenvalue weighted by atomic mass is 10.2. The fourth-order valence-corrected chi connectivity index (χ4v) is 2.72. The second-order valence-corrected chi connectivity index (χ2v) is 7.76. The van der Waals surface area contributed by atoms with Crippen LogP contribution in [0.3, 0.4) is 0 Å². The number of benzene rings is 2. The molecule has 7 heteroatoms. The summed E-state index contributed by atoms with van der Waals surface area (Å²) in [6.07, 6.45) is -0.0602. The molecular formula is C22H26BrNO5. The lowest BCUT2D eigenvalue weighted by Gasteiger charge is -2.20. The van der Waals surface area contributed by atoms with Crippen LogP contribution >= 0.6 is 15.9 Å². The number of nitrogens with zero attached hydrogens (tertiary/aromatic N) is 1. The molecular weight excluding hydrogens is 438 g/mol. The van der Waals surface area contributed by atoms with Crippen LogP contribution in [0.25, 0.3) is 0 Å². The Morgan fingerprint density at radius 2 is 1.59 bits per heavy atom. The minimum atomic E-state index is -0.416. The number of hydrogen-bond donors (Lipinski definition) is 0. The number of methoxy groups -OCH3 is 1. The van der Waals surface area contributed by atoms with Crippen LogP contribution in [0.15, 0.2) is 48.5 Å². The highest BCUT2D eigenvalue weighted by Crippen LogP contribution is 2.19. The average Bonchev–Trinajstić information content (AvgIpc) is 2.73. The molecule has 0 aliphatic carbocycles. The first kappa shape index (κ1) is 22.7. The number of alkyl halides is 1. The lowest BCUT2D eigenvalue weighted by Crippen LogP contribution is -2.32. The van der Waals surface area contributed by atoms with Crippen molar-refractivity contribution in [2.75, 3.05) is 20.3 Å². The predicted molar refractivity (Wildman–Crippen MR) is 115 cm³/mol. The van der Waals surface area contributed by atoms with Crippen LogP contribution < -0.4 is 14.2 Å². The Morgan fingerprint density at radius 1 is 1.00 bits per heavy atom. The Kier molecular flexibility index (Phi) is 8.99. The van der Waals surface area contributed by atoms with Crippen LogP contribution in [-0.2, 0) is 11.3 Å². The number of ether oxygens (including phenoxy) is 3. The summed E-state index contributed by atoms with van der Waals surface area (Å²) in [6, 6.07) is 14.3. The van der Waals surface area contributed by atoms with Gasteiger partial charge in [0.05, 0.1) is 18.5 Å². The summed E-state index contributed by atoms with van der Waals surface area (Å²) in [5.41, 5.74) is 0.955. The molecule has 0 radical (unpaired) electrons. The summed E-state index contributed by atoms with van der Waals surface area (Å²) in [4.78, 5) is 25.5. The molecule has 0 aliphatic rings. The van der Waals surface area contributed by atoms with Crippen molar-refractivity contribution in [2.45, 2.75) is 31.6 Å². The van der Waals surface area contributed by atoms with Gasteiger partial charge in [0.1, 0.15) is 23.0 Å². The first-order valence-electron chi connectivity index (χ1n) is 9.42. The predicted octanol–water partition coefficient (Wildman–Crippen LogP) is 4.84. The first-order valence-corrected chi connectivity index (χ1v) is 10.3. The summed E-state index contributed by atoms with van der Waals surface area (Å²) >= 11 is 3.25. The summed E-state index contributed by atoms with van der Waals surface area (Å²) in [5, 5.41) is 0. The largest absolute Gasteiger partial charge is 0.497 e. The molecule has 0 bridgehead atoms. The standard InChI is InChI=1S/C22H26BrNO5/c1-4-24(22(26)29-20-11-9-18(27-3)10-12-20)15-17-5-7-19(8-6-17)28-14-13-21(25)16(2)23/h5-12,16H,4,13-15H2,1-3H3. The van der Waals surface area contributed by atoms with E-state index < -0.39 is 6.09 Å². The zero-order chi connectivity index (χ0) is 21.2. The van der Waals surface area contributed by atoms with Gasteiger partial charge in [0.25, 0.3) is 0 Å². The van der Waals surface area contributed by atoms with E-state index in [9.17, 15) is 9.59 Å². The third-order valence-corrected chi connectivity index (χ3v) is 4.77. The molecule has 0 aliphatic heterocycles. The third kappa shape index (κ3) is 7.42. The zero-order valence-corrected chi connectivity index (χ0v) is 18.5. The molecule has 0 N–H and O–H groups in total. The SMILES string of the molecule is CCN(Cc1ccc(OCCC(=O)C(C)Br)cc1)C(=O)Oc1ccc(OC)cc1. The molecule has 0 saturated heterocycles. The van der Waals surface area contributed by atoms with Crippen molar-refractivity contribution in [3.05, 3.63) is 54.1 Å². The van der Waals surface area contributed by atoms with E-state index in [2.05, 4.69) is 15.9 Å². The molecule has 2 aromatic rings. The van der Waals surface area contributed by atoms with Gasteiger partial charge in [0.15, 0.2) is 0 Å². The molecule has 0 spiro atoms. The van der Waals surface area contributed by atoms with Gasteiger partial charge < -0.3 is 19.1 Å². The zero-order valence-electron chi connectivity index (χ0n) is 16.9. The Balaban J connectivity index is 1.87. The minimum Gasteiger partial charge on any atom is -0.497 e. The summed E-state index contributed by atoms with van der Waals surface area (Å²) in [5.74, 6) is 1.96. The van der Waals surface area contributed by atoms with Gasteiger partial charge in [-0.05, 0) is 55.8 Å².